The molecule has 0 fully saturated rings. The van der Waals surface area contributed by atoms with E-state index in [0.29, 0.717) is 0 Å². The fourth-order valence-corrected chi connectivity index (χ4v) is 11.5. The summed E-state index contributed by atoms with van der Waals surface area (Å²) in [7, 11) is 0. The lowest BCUT2D eigenvalue weighted by Crippen LogP contribution is -2.11. The van der Waals surface area contributed by atoms with Gasteiger partial charge in [-0.3, -0.25) is 0 Å². The Bertz CT molecular complexity index is 3960. The molecule has 0 N–H and O–H groups in total. The van der Waals surface area contributed by atoms with E-state index in [2.05, 4.69) is 276 Å². The molecule has 0 spiro atoms. The van der Waals surface area contributed by atoms with Crippen molar-refractivity contribution >= 4 is 70.4 Å². The molecule has 0 aliphatic rings. The van der Waals surface area contributed by atoms with E-state index in [1.165, 1.54) is 86.5 Å². The van der Waals surface area contributed by atoms with Crippen molar-refractivity contribution in [2.45, 2.75) is 0 Å². The number of benzene rings is 11. The van der Waals surface area contributed by atoms with Crippen LogP contribution in [0.4, 0.5) is 17.1 Å². The van der Waals surface area contributed by atoms with Gasteiger partial charge in [0.2, 0.25) is 0 Å². The van der Waals surface area contributed by atoms with Gasteiger partial charge in [0.15, 0.2) is 0 Å². The highest BCUT2D eigenvalue weighted by atomic mass is 32.1. The zero-order valence-electron chi connectivity index (χ0n) is 37.7. The normalized spacial score (nSPS) is 11.5. The van der Waals surface area contributed by atoms with Crippen LogP contribution in [0, 0.1) is 0 Å². The van der Waals surface area contributed by atoms with Crippen LogP contribution in [-0.2, 0) is 0 Å². The number of hydrogen-bond acceptors (Lipinski definition) is 2. The van der Waals surface area contributed by atoms with Gasteiger partial charge in [-0.1, -0.05) is 200 Å². The molecule has 0 aliphatic carbocycles. The smallest absolute Gasteiger partial charge is 0.0541 e. The topological polar surface area (TPSA) is 8.17 Å². The Labute approximate surface area is 405 Å². The van der Waals surface area contributed by atoms with Gasteiger partial charge in [-0.15, -0.1) is 11.3 Å². The molecule has 13 rings (SSSR count). The molecule has 0 saturated carbocycles. The molecule has 0 saturated heterocycles. The van der Waals surface area contributed by atoms with Gasteiger partial charge in [0.25, 0.3) is 0 Å². The van der Waals surface area contributed by atoms with Crippen molar-refractivity contribution in [2.75, 3.05) is 4.90 Å². The highest BCUT2D eigenvalue weighted by Crippen LogP contribution is 2.46. The van der Waals surface area contributed by atoms with Crippen LogP contribution in [0.25, 0.3) is 103 Å². The maximum Gasteiger partial charge on any atom is 0.0541 e. The van der Waals surface area contributed by atoms with E-state index in [1.807, 2.05) is 11.3 Å². The molecule has 0 bridgehead atoms. The SMILES string of the molecule is c1ccc(-c2ccccc2-c2ccccc2-c2ccccc2N(c2ccc(-c3cccc(-n4c5ccccc5c5ccccc54)c3)cc2)c2ccc(-c3ccc4c(c3)sc3ccccc34)cc2)cc1. The van der Waals surface area contributed by atoms with E-state index >= 15 is 0 Å². The van der Waals surface area contributed by atoms with Gasteiger partial charge in [-0.05, 0) is 117 Å². The second kappa shape index (κ2) is 17.2. The summed E-state index contributed by atoms with van der Waals surface area (Å²) < 4.78 is 5.02. The van der Waals surface area contributed by atoms with E-state index in [0.717, 1.165) is 33.9 Å². The van der Waals surface area contributed by atoms with E-state index in [1.54, 1.807) is 0 Å². The minimum atomic E-state index is 1.08. The molecule has 2 aromatic heterocycles. The molecule has 0 aliphatic heterocycles. The molecule has 324 valence electrons. The van der Waals surface area contributed by atoms with Gasteiger partial charge in [0, 0.05) is 53.6 Å². The fraction of sp³-hybridized carbons (Fsp3) is 0. The summed E-state index contributed by atoms with van der Waals surface area (Å²) in [5.41, 5.74) is 18.7. The van der Waals surface area contributed by atoms with Gasteiger partial charge in [-0.25, -0.2) is 0 Å². The van der Waals surface area contributed by atoms with Crippen molar-refractivity contribution in [2.24, 2.45) is 0 Å². The minimum Gasteiger partial charge on any atom is -0.310 e. The van der Waals surface area contributed by atoms with Crippen LogP contribution in [-0.4, -0.2) is 4.57 Å². The molecule has 11 aromatic carbocycles. The minimum absolute atomic E-state index is 1.08. The van der Waals surface area contributed by atoms with Crippen molar-refractivity contribution in [1.29, 1.82) is 0 Å². The average Bonchev–Trinajstić information content (AvgIpc) is 3.97. The lowest BCUT2D eigenvalue weighted by atomic mass is 9.88. The van der Waals surface area contributed by atoms with Crippen LogP contribution in [0.15, 0.2) is 267 Å². The van der Waals surface area contributed by atoms with Gasteiger partial charge in [0.05, 0.1) is 16.7 Å². The van der Waals surface area contributed by atoms with Crippen LogP contribution in [0.5, 0.6) is 0 Å². The summed E-state index contributed by atoms with van der Waals surface area (Å²) in [6.45, 7) is 0. The van der Waals surface area contributed by atoms with Crippen LogP contribution < -0.4 is 4.90 Å². The summed E-state index contributed by atoms with van der Waals surface area (Å²) in [6, 6.07) is 97.4. The van der Waals surface area contributed by atoms with Crippen molar-refractivity contribution in [1.82, 2.24) is 4.57 Å². The third-order valence-corrected chi connectivity index (χ3v) is 14.8. The Balaban J connectivity index is 0.930. The molecule has 0 atom stereocenters. The summed E-state index contributed by atoms with van der Waals surface area (Å²) >= 11 is 1.86. The van der Waals surface area contributed by atoms with Crippen molar-refractivity contribution in [3.05, 3.63) is 267 Å². The molecule has 0 amide bonds. The number of para-hydroxylation sites is 3. The van der Waals surface area contributed by atoms with E-state index in [9.17, 15) is 0 Å². The van der Waals surface area contributed by atoms with Crippen LogP contribution in [0.1, 0.15) is 0 Å². The highest BCUT2D eigenvalue weighted by molar-refractivity contribution is 7.25. The van der Waals surface area contributed by atoms with E-state index in [-0.39, 0.29) is 0 Å². The molecular weight excluding hydrogens is 853 g/mol. The van der Waals surface area contributed by atoms with Crippen molar-refractivity contribution in [3.63, 3.8) is 0 Å². The van der Waals surface area contributed by atoms with Gasteiger partial charge in [0.1, 0.15) is 0 Å². The fourth-order valence-electron chi connectivity index (χ4n) is 10.4. The molecule has 13 aromatic rings. The number of fused-ring (bicyclic) bond motifs is 6. The maximum absolute atomic E-state index is 2.42. The molecular formula is C66H44N2S. The largest absolute Gasteiger partial charge is 0.310 e. The molecule has 2 heterocycles. The number of anilines is 3. The summed E-state index contributed by atoms with van der Waals surface area (Å²) in [6.07, 6.45) is 0. The Hall–Kier alpha value is -8.76. The molecule has 0 radical (unpaired) electrons. The summed E-state index contributed by atoms with van der Waals surface area (Å²) in [4.78, 5) is 2.42. The van der Waals surface area contributed by atoms with E-state index in [4.69, 9.17) is 0 Å². The zero-order chi connectivity index (χ0) is 45.7. The second-order valence-corrected chi connectivity index (χ2v) is 18.7. The van der Waals surface area contributed by atoms with Crippen molar-refractivity contribution < 1.29 is 0 Å². The van der Waals surface area contributed by atoms with Gasteiger partial charge >= 0.3 is 0 Å². The number of nitrogens with zero attached hydrogens (tertiary/aromatic N) is 2. The van der Waals surface area contributed by atoms with Gasteiger partial charge in [-0.2, -0.15) is 0 Å². The third kappa shape index (κ3) is 7.20. The predicted molar refractivity (Wildman–Crippen MR) is 296 cm³/mol. The zero-order valence-corrected chi connectivity index (χ0v) is 38.5. The molecule has 2 nitrogen and oxygen atoms in total. The third-order valence-electron chi connectivity index (χ3n) is 13.6. The Morgan fingerprint density at radius 3 is 1.41 bits per heavy atom. The first-order chi connectivity index (χ1) is 34.2. The number of rotatable bonds is 9. The first kappa shape index (κ1) is 40.5. The van der Waals surface area contributed by atoms with Crippen LogP contribution >= 0.6 is 11.3 Å². The second-order valence-electron chi connectivity index (χ2n) is 17.6. The quantitative estimate of drug-likeness (QED) is 0.140. The molecule has 69 heavy (non-hydrogen) atoms. The average molecular weight is 897 g/mol. The molecule has 3 heteroatoms. The molecule has 0 unspecified atom stereocenters. The standard InChI is InChI=1S/C66H44N2S/c1-2-17-47(18-3-1)53-21-4-5-22-54(53)55-23-6-7-24-56(55)57-25-8-12-29-62(57)67(51-40-35-46(36-41-51)49-37-42-61-60-28-11-15-32-65(60)69-66(61)44-49)50-38-33-45(34-39-50)48-19-16-20-52(43-48)68-63-30-13-9-26-58(63)59-27-10-14-31-64(59)68/h1-44H. The first-order valence-corrected chi connectivity index (χ1v) is 24.4. The summed E-state index contributed by atoms with van der Waals surface area (Å²) in [5.74, 6) is 0. The number of aromatic nitrogens is 1. The first-order valence-electron chi connectivity index (χ1n) is 23.6. The Kier molecular flexibility index (Phi) is 10.1. The lowest BCUT2D eigenvalue weighted by molar-refractivity contribution is 1.18. The van der Waals surface area contributed by atoms with Crippen molar-refractivity contribution in [3.8, 4) is 61.3 Å². The van der Waals surface area contributed by atoms with E-state index < -0.39 is 0 Å². The number of hydrogen-bond donors (Lipinski definition) is 0. The lowest BCUT2D eigenvalue weighted by Gasteiger charge is -2.29. The Morgan fingerprint density at radius 2 is 0.739 bits per heavy atom. The summed E-state index contributed by atoms with van der Waals surface area (Å²) in [5, 5.41) is 5.15. The van der Waals surface area contributed by atoms with Crippen LogP contribution in [0.2, 0.25) is 0 Å². The Morgan fingerprint density at radius 1 is 0.275 bits per heavy atom. The highest BCUT2D eigenvalue weighted by Gasteiger charge is 2.21. The predicted octanol–water partition coefficient (Wildman–Crippen LogP) is 19.0. The van der Waals surface area contributed by atoms with Gasteiger partial charge < -0.3 is 9.47 Å². The number of thiophene rings is 1. The monoisotopic (exact) mass is 896 g/mol. The van der Waals surface area contributed by atoms with Crippen LogP contribution in [0.3, 0.4) is 0 Å². The maximum atomic E-state index is 2.42.